The number of hydrogen-bond donors (Lipinski definition) is 1. The van der Waals surface area contributed by atoms with Crippen LogP contribution >= 0.6 is 0 Å². The second-order valence-electron chi connectivity index (χ2n) is 6.49. The van der Waals surface area contributed by atoms with Gasteiger partial charge in [-0.2, -0.15) is 13.2 Å². The summed E-state index contributed by atoms with van der Waals surface area (Å²) in [6.45, 7) is -0.119. The number of nitrogens with one attached hydrogen (secondary N) is 1. The minimum Gasteiger partial charge on any atom is -0.496 e. The number of ketones is 1. The summed E-state index contributed by atoms with van der Waals surface area (Å²) >= 11 is 0. The third-order valence-corrected chi connectivity index (χ3v) is 4.33. The van der Waals surface area contributed by atoms with E-state index in [9.17, 15) is 22.8 Å². The van der Waals surface area contributed by atoms with E-state index in [1.807, 2.05) is 0 Å². The van der Waals surface area contributed by atoms with Crippen molar-refractivity contribution in [1.82, 2.24) is 15.3 Å². The highest BCUT2D eigenvalue weighted by atomic mass is 19.4. The Balaban J connectivity index is 1.66. The molecule has 0 spiro atoms. The van der Waals surface area contributed by atoms with Crippen LogP contribution in [0.25, 0.3) is 0 Å². The van der Waals surface area contributed by atoms with E-state index in [0.717, 1.165) is 26.0 Å². The van der Waals surface area contributed by atoms with Crippen LogP contribution in [0.3, 0.4) is 0 Å². The van der Waals surface area contributed by atoms with Crippen LogP contribution in [-0.4, -0.2) is 28.8 Å². The van der Waals surface area contributed by atoms with Gasteiger partial charge in [-0.3, -0.25) is 9.59 Å². The lowest BCUT2D eigenvalue weighted by Gasteiger charge is -2.13. The van der Waals surface area contributed by atoms with Gasteiger partial charge in [-0.25, -0.2) is 9.97 Å². The molecule has 1 aromatic heterocycles. The molecule has 9 heteroatoms. The highest BCUT2D eigenvalue weighted by molar-refractivity contribution is 5.92. The number of Topliss-reactive ketones (excluding diaryl/α,β-unsaturated/α-hetero) is 1. The molecule has 1 aliphatic rings. The van der Waals surface area contributed by atoms with Gasteiger partial charge in [-0.15, -0.1) is 0 Å². The zero-order valence-corrected chi connectivity index (χ0v) is 15.0. The zero-order valence-electron chi connectivity index (χ0n) is 15.0. The molecule has 148 valence electrons. The van der Waals surface area contributed by atoms with Gasteiger partial charge >= 0.3 is 6.18 Å². The van der Waals surface area contributed by atoms with Gasteiger partial charge in [0, 0.05) is 18.7 Å². The molecule has 28 heavy (non-hydrogen) atoms. The number of carbonyl (C=O) groups excluding carboxylic acids is 2. The first-order valence-corrected chi connectivity index (χ1v) is 8.65. The molecule has 2 aromatic rings. The highest BCUT2D eigenvalue weighted by Crippen LogP contribution is 2.36. The summed E-state index contributed by atoms with van der Waals surface area (Å²) < 4.78 is 44.0. The molecule has 0 bridgehead atoms. The van der Waals surface area contributed by atoms with Crippen LogP contribution in [-0.2, 0) is 23.9 Å². The van der Waals surface area contributed by atoms with Gasteiger partial charge in [0.2, 0.25) is 0 Å². The van der Waals surface area contributed by atoms with E-state index in [1.54, 1.807) is 0 Å². The first-order chi connectivity index (χ1) is 13.3. The molecule has 1 aromatic carbocycles. The molecule has 6 nitrogen and oxygen atoms in total. The Kier molecular flexibility index (Phi) is 5.62. The number of rotatable bonds is 7. The average Bonchev–Trinajstić information content (AvgIpc) is 3.50. The Hall–Kier alpha value is -2.97. The van der Waals surface area contributed by atoms with E-state index in [0.29, 0.717) is 0 Å². The number of carbonyl (C=O) groups is 2. The minimum atomic E-state index is -4.57. The number of methoxy groups -OCH3 is 1. The molecule has 1 heterocycles. The van der Waals surface area contributed by atoms with Crippen molar-refractivity contribution in [2.75, 3.05) is 7.11 Å². The van der Waals surface area contributed by atoms with Crippen LogP contribution in [0.1, 0.15) is 40.3 Å². The lowest BCUT2D eigenvalue weighted by atomic mass is 10.1. The van der Waals surface area contributed by atoms with Crippen molar-refractivity contribution in [2.24, 2.45) is 5.92 Å². The summed E-state index contributed by atoms with van der Waals surface area (Å²) in [4.78, 5) is 32.2. The van der Waals surface area contributed by atoms with E-state index in [4.69, 9.17) is 4.74 Å². The smallest absolute Gasteiger partial charge is 0.419 e. The normalized spacial score (nSPS) is 13.9. The monoisotopic (exact) mass is 393 g/mol. The van der Waals surface area contributed by atoms with Gasteiger partial charge in [0.15, 0.2) is 0 Å². The second kappa shape index (κ2) is 7.95. The van der Waals surface area contributed by atoms with Crippen LogP contribution in [0.2, 0.25) is 0 Å². The SMILES string of the molecule is COc1ccc(CNC(=O)c2ccnc(CC(=O)C3CC3)n2)cc1C(F)(F)F. The fraction of sp³-hybridized carbons (Fsp3) is 0.368. The van der Waals surface area contributed by atoms with E-state index in [-0.39, 0.29) is 47.5 Å². The highest BCUT2D eigenvalue weighted by Gasteiger charge is 2.34. The van der Waals surface area contributed by atoms with E-state index in [1.165, 1.54) is 24.4 Å². The molecular weight excluding hydrogens is 375 g/mol. The van der Waals surface area contributed by atoms with Crippen molar-refractivity contribution in [3.05, 3.63) is 53.1 Å². The first kappa shape index (κ1) is 19.8. The summed E-state index contributed by atoms with van der Waals surface area (Å²) in [5.41, 5.74) is -0.595. The Labute approximate surface area is 159 Å². The lowest BCUT2D eigenvalue weighted by molar-refractivity contribution is -0.138. The maximum atomic E-state index is 13.1. The van der Waals surface area contributed by atoms with Crippen LogP contribution in [0.5, 0.6) is 5.75 Å². The Bertz CT molecular complexity index is 895. The number of nitrogens with zero attached hydrogens (tertiary/aromatic N) is 2. The van der Waals surface area contributed by atoms with Gasteiger partial charge in [0.1, 0.15) is 23.1 Å². The van der Waals surface area contributed by atoms with E-state index >= 15 is 0 Å². The van der Waals surface area contributed by atoms with Crippen molar-refractivity contribution < 1.29 is 27.5 Å². The molecule has 1 aliphatic carbocycles. The summed E-state index contributed by atoms with van der Waals surface area (Å²) in [5, 5.41) is 2.52. The fourth-order valence-electron chi connectivity index (χ4n) is 2.68. The summed E-state index contributed by atoms with van der Waals surface area (Å²) in [6.07, 6.45) is -1.37. The van der Waals surface area contributed by atoms with E-state index in [2.05, 4.69) is 15.3 Å². The van der Waals surface area contributed by atoms with Gasteiger partial charge in [-0.05, 0) is 36.6 Å². The summed E-state index contributed by atoms with van der Waals surface area (Å²) in [7, 11) is 1.16. The van der Waals surface area contributed by atoms with Gasteiger partial charge in [0.25, 0.3) is 5.91 Å². The molecule has 1 N–H and O–H groups in total. The number of hydrogen-bond acceptors (Lipinski definition) is 5. The maximum Gasteiger partial charge on any atom is 0.419 e. The molecule has 1 fully saturated rings. The van der Waals surface area contributed by atoms with Gasteiger partial charge in [0.05, 0.1) is 19.1 Å². The molecule has 0 radical (unpaired) electrons. The molecule has 0 saturated heterocycles. The number of amides is 1. The zero-order chi connectivity index (χ0) is 20.3. The van der Waals surface area contributed by atoms with Crippen molar-refractivity contribution >= 4 is 11.7 Å². The molecule has 0 aliphatic heterocycles. The topological polar surface area (TPSA) is 81.2 Å². The molecule has 1 amide bonds. The predicted octanol–water partition coefficient (Wildman–Crippen LogP) is 2.96. The first-order valence-electron chi connectivity index (χ1n) is 8.65. The Morgan fingerprint density at radius 3 is 2.64 bits per heavy atom. The van der Waals surface area contributed by atoms with Crippen molar-refractivity contribution in [2.45, 2.75) is 32.0 Å². The third kappa shape index (κ3) is 4.85. The average molecular weight is 393 g/mol. The quantitative estimate of drug-likeness (QED) is 0.782. The largest absolute Gasteiger partial charge is 0.496 e. The van der Waals surface area contributed by atoms with Crippen LogP contribution in [0, 0.1) is 5.92 Å². The molecule has 3 rings (SSSR count). The lowest BCUT2D eigenvalue weighted by Crippen LogP contribution is -2.25. The minimum absolute atomic E-state index is 0.0514. The molecule has 0 unspecified atom stereocenters. The van der Waals surface area contributed by atoms with Crippen LogP contribution < -0.4 is 10.1 Å². The number of aromatic nitrogens is 2. The van der Waals surface area contributed by atoms with Crippen molar-refractivity contribution in [3.63, 3.8) is 0 Å². The van der Waals surface area contributed by atoms with E-state index < -0.39 is 17.6 Å². The Morgan fingerprint density at radius 1 is 1.25 bits per heavy atom. The summed E-state index contributed by atoms with van der Waals surface area (Å²) in [6, 6.07) is 4.96. The molecule has 0 atom stereocenters. The fourth-order valence-corrected chi connectivity index (χ4v) is 2.68. The predicted molar refractivity (Wildman–Crippen MR) is 92.6 cm³/mol. The number of alkyl halides is 3. The third-order valence-electron chi connectivity index (χ3n) is 4.33. The molecular formula is C19H18F3N3O3. The van der Waals surface area contributed by atoms with Gasteiger partial charge in [-0.1, -0.05) is 6.07 Å². The number of halogens is 3. The second-order valence-corrected chi connectivity index (χ2v) is 6.49. The molecule has 1 saturated carbocycles. The van der Waals surface area contributed by atoms with Crippen molar-refractivity contribution in [3.8, 4) is 5.75 Å². The van der Waals surface area contributed by atoms with Crippen molar-refractivity contribution in [1.29, 1.82) is 0 Å². The van der Waals surface area contributed by atoms with Gasteiger partial charge < -0.3 is 10.1 Å². The number of benzene rings is 1. The van der Waals surface area contributed by atoms with Crippen LogP contribution in [0.4, 0.5) is 13.2 Å². The summed E-state index contributed by atoms with van der Waals surface area (Å²) in [5.74, 6) is -0.474. The maximum absolute atomic E-state index is 13.1. The number of ether oxygens (including phenoxy) is 1. The van der Waals surface area contributed by atoms with Crippen LogP contribution in [0.15, 0.2) is 30.5 Å². The Morgan fingerprint density at radius 2 is 2.00 bits per heavy atom. The standard InChI is InChI=1S/C19H18F3N3O3/c1-28-16-5-2-11(8-13(16)19(20,21)22)10-24-18(27)14-6-7-23-17(25-14)9-15(26)12-3-4-12/h2,5-8,12H,3-4,9-10H2,1H3,(H,24,27).